The number of rotatable bonds is 2. The van der Waals surface area contributed by atoms with Crippen LogP contribution in [0.25, 0.3) is 0 Å². The molecule has 0 amide bonds. The average Bonchev–Trinajstić information content (AvgIpc) is 1.85. The SMILES string of the molecule is Cc1c[c]cc(OC(F)F)n1. The Hall–Kier alpha value is -1.19. The first-order chi connectivity index (χ1) is 5.18. The molecule has 0 aliphatic rings. The second-order valence-corrected chi connectivity index (χ2v) is 1.93. The zero-order valence-electron chi connectivity index (χ0n) is 5.84. The molecule has 1 aromatic rings. The summed E-state index contributed by atoms with van der Waals surface area (Å²) in [6.45, 7) is -1.15. The first-order valence-corrected chi connectivity index (χ1v) is 2.98. The van der Waals surface area contributed by atoms with Gasteiger partial charge in [-0.05, 0) is 19.1 Å². The van der Waals surface area contributed by atoms with E-state index in [1.54, 1.807) is 13.0 Å². The normalized spacial score (nSPS) is 10.2. The molecule has 4 heteroatoms. The molecular weight excluding hydrogens is 152 g/mol. The van der Waals surface area contributed by atoms with Crippen molar-refractivity contribution in [3.05, 3.63) is 23.9 Å². The number of aromatic nitrogens is 1. The number of pyridine rings is 1. The van der Waals surface area contributed by atoms with Crippen LogP contribution in [0, 0.1) is 13.0 Å². The molecule has 0 saturated carbocycles. The minimum atomic E-state index is -2.82. The van der Waals surface area contributed by atoms with E-state index >= 15 is 0 Å². The molecule has 1 aromatic heterocycles. The van der Waals surface area contributed by atoms with E-state index in [9.17, 15) is 8.78 Å². The van der Waals surface area contributed by atoms with Gasteiger partial charge in [-0.15, -0.1) is 0 Å². The molecule has 0 aromatic carbocycles. The van der Waals surface area contributed by atoms with Crippen molar-refractivity contribution in [3.8, 4) is 5.88 Å². The number of halogens is 2. The highest BCUT2D eigenvalue weighted by atomic mass is 19.3. The van der Waals surface area contributed by atoms with Gasteiger partial charge in [0.05, 0.1) is 0 Å². The largest absolute Gasteiger partial charge is 0.417 e. The monoisotopic (exact) mass is 158 g/mol. The Bertz CT molecular complexity index is 240. The molecule has 2 nitrogen and oxygen atoms in total. The second-order valence-electron chi connectivity index (χ2n) is 1.93. The maximum absolute atomic E-state index is 11.6. The minimum Gasteiger partial charge on any atom is -0.417 e. The van der Waals surface area contributed by atoms with Crippen LogP contribution in [-0.2, 0) is 0 Å². The first-order valence-electron chi connectivity index (χ1n) is 2.98. The van der Waals surface area contributed by atoms with Crippen LogP contribution in [-0.4, -0.2) is 11.6 Å². The van der Waals surface area contributed by atoms with Gasteiger partial charge in [0.2, 0.25) is 5.88 Å². The highest BCUT2D eigenvalue weighted by Gasteiger charge is 2.03. The summed E-state index contributed by atoms with van der Waals surface area (Å²) in [5.41, 5.74) is 0.600. The average molecular weight is 158 g/mol. The van der Waals surface area contributed by atoms with E-state index in [4.69, 9.17) is 0 Å². The Morgan fingerprint density at radius 2 is 2.27 bits per heavy atom. The fourth-order valence-electron chi connectivity index (χ4n) is 0.624. The van der Waals surface area contributed by atoms with Crippen LogP contribution in [0.15, 0.2) is 12.1 Å². The molecule has 0 saturated heterocycles. The summed E-state index contributed by atoms with van der Waals surface area (Å²) in [6.07, 6.45) is 0. The first kappa shape index (κ1) is 7.91. The third-order valence-electron chi connectivity index (χ3n) is 0.995. The standard InChI is InChI=1S/C7H6F2NO/c1-5-3-2-4-6(10-5)11-7(8)9/h3-4,7H,1H3. The predicted octanol–water partition coefficient (Wildman–Crippen LogP) is 1.79. The van der Waals surface area contributed by atoms with Crippen LogP contribution in [0.1, 0.15) is 5.69 Å². The van der Waals surface area contributed by atoms with Gasteiger partial charge in [-0.1, -0.05) is 0 Å². The summed E-state index contributed by atoms with van der Waals surface area (Å²) >= 11 is 0. The van der Waals surface area contributed by atoms with Crippen LogP contribution in [0.2, 0.25) is 0 Å². The Labute approximate surface area is 62.8 Å². The molecule has 11 heavy (non-hydrogen) atoms. The number of alkyl halides is 2. The van der Waals surface area contributed by atoms with E-state index in [0.717, 1.165) is 0 Å². The van der Waals surface area contributed by atoms with Crippen molar-refractivity contribution in [2.24, 2.45) is 0 Å². The van der Waals surface area contributed by atoms with E-state index in [1.807, 2.05) is 0 Å². The minimum absolute atomic E-state index is 0.0972. The van der Waals surface area contributed by atoms with E-state index in [2.05, 4.69) is 15.8 Å². The van der Waals surface area contributed by atoms with Gasteiger partial charge >= 0.3 is 6.61 Å². The summed E-state index contributed by atoms with van der Waals surface area (Å²) in [6, 6.07) is 5.46. The van der Waals surface area contributed by atoms with Crippen LogP contribution >= 0.6 is 0 Å². The smallest absolute Gasteiger partial charge is 0.388 e. The Morgan fingerprint density at radius 1 is 1.55 bits per heavy atom. The van der Waals surface area contributed by atoms with E-state index in [1.165, 1.54) is 6.07 Å². The van der Waals surface area contributed by atoms with Crippen molar-refractivity contribution < 1.29 is 13.5 Å². The fourth-order valence-corrected chi connectivity index (χ4v) is 0.624. The molecule has 0 spiro atoms. The van der Waals surface area contributed by atoms with Gasteiger partial charge in [-0.25, -0.2) is 4.98 Å². The summed E-state index contributed by atoms with van der Waals surface area (Å²) in [4.78, 5) is 3.68. The number of nitrogens with zero attached hydrogens (tertiary/aromatic N) is 1. The third kappa shape index (κ3) is 2.49. The maximum Gasteiger partial charge on any atom is 0.388 e. The maximum atomic E-state index is 11.6. The zero-order chi connectivity index (χ0) is 8.27. The van der Waals surface area contributed by atoms with Crippen LogP contribution in [0.3, 0.4) is 0 Å². The molecule has 0 unspecified atom stereocenters. The van der Waals surface area contributed by atoms with Crippen LogP contribution < -0.4 is 4.74 Å². The number of hydrogen-bond donors (Lipinski definition) is 0. The van der Waals surface area contributed by atoms with Crippen molar-refractivity contribution in [1.29, 1.82) is 0 Å². The highest BCUT2D eigenvalue weighted by molar-refractivity contribution is 5.13. The summed E-state index contributed by atoms with van der Waals surface area (Å²) in [5, 5.41) is 0. The number of hydrogen-bond acceptors (Lipinski definition) is 2. The second kappa shape index (κ2) is 3.27. The molecule has 0 N–H and O–H groups in total. The van der Waals surface area contributed by atoms with Gasteiger partial charge in [0, 0.05) is 11.8 Å². The summed E-state index contributed by atoms with van der Waals surface area (Å²) in [7, 11) is 0. The van der Waals surface area contributed by atoms with E-state index < -0.39 is 6.61 Å². The van der Waals surface area contributed by atoms with Gasteiger partial charge in [0.1, 0.15) is 0 Å². The van der Waals surface area contributed by atoms with E-state index in [0.29, 0.717) is 5.69 Å². The number of aryl methyl sites for hydroxylation is 1. The molecule has 1 radical (unpaired) electrons. The molecule has 59 valence electrons. The molecular formula is C7H6F2NO. The number of ether oxygens (including phenoxy) is 1. The van der Waals surface area contributed by atoms with Crippen molar-refractivity contribution in [2.45, 2.75) is 13.5 Å². The molecule has 0 bridgehead atoms. The molecule has 0 aliphatic carbocycles. The summed E-state index contributed by atoms with van der Waals surface area (Å²) in [5.74, 6) is -0.0972. The molecule has 1 heterocycles. The lowest BCUT2D eigenvalue weighted by molar-refractivity contribution is -0.0529. The van der Waals surface area contributed by atoms with Crippen LogP contribution in [0.5, 0.6) is 5.88 Å². The molecule has 0 aliphatic heterocycles. The van der Waals surface area contributed by atoms with Crippen molar-refractivity contribution >= 4 is 0 Å². The van der Waals surface area contributed by atoms with Crippen molar-refractivity contribution in [2.75, 3.05) is 0 Å². The lowest BCUT2D eigenvalue weighted by Gasteiger charge is -2.01. The Balaban J connectivity index is 2.71. The highest BCUT2D eigenvalue weighted by Crippen LogP contribution is 2.09. The fraction of sp³-hybridized carbons (Fsp3) is 0.286. The van der Waals surface area contributed by atoms with Gasteiger partial charge < -0.3 is 4.74 Å². The van der Waals surface area contributed by atoms with Gasteiger partial charge in [0.25, 0.3) is 0 Å². The van der Waals surface area contributed by atoms with Gasteiger partial charge in [-0.3, -0.25) is 0 Å². The Morgan fingerprint density at radius 3 is 2.82 bits per heavy atom. The van der Waals surface area contributed by atoms with Gasteiger partial charge in [0.15, 0.2) is 0 Å². The summed E-state index contributed by atoms with van der Waals surface area (Å²) < 4.78 is 27.2. The van der Waals surface area contributed by atoms with Crippen LogP contribution in [0.4, 0.5) is 8.78 Å². The predicted molar refractivity (Wildman–Crippen MR) is 34.4 cm³/mol. The lowest BCUT2D eigenvalue weighted by Crippen LogP contribution is -2.03. The van der Waals surface area contributed by atoms with Crippen molar-refractivity contribution in [1.82, 2.24) is 4.98 Å². The Kier molecular flexibility index (Phi) is 2.36. The van der Waals surface area contributed by atoms with Crippen molar-refractivity contribution in [3.63, 3.8) is 0 Å². The molecule has 0 atom stereocenters. The zero-order valence-corrected chi connectivity index (χ0v) is 5.84. The van der Waals surface area contributed by atoms with Gasteiger partial charge in [-0.2, -0.15) is 8.78 Å². The van der Waals surface area contributed by atoms with E-state index in [-0.39, 0.29) is 5.88 Å². The lowest BCUT2D eigenvalue weighted by atomic mass is 10.4. The topological polar surface area (TPSA) is 22.1 Å². The molecule has 0 fully saturated rings. The molecule has 1 rings (SSSR count). The third-order valence-corrected chi connectivity index (χ3v) is 0.995. The quantitative estimate of drug-likeness (QED) is 0.654.